The number of rotatable bonds is 3. The predicted molar refractivity (Wildman–Crippen MR) is 79.4 cm³/mol. The molecule has 1 atom stereocenters. The third kappa shape index (κ3) is 2.63. The van der Waals surface area contributed by atoms with E-state index < -0.39 is 20.0 Å². The molecule has 1 aromatic carbocycles. The highest BCUT2D eigenvalue weighted by atomic mass is 32.2. The molecule has 1 aromatic heterocycles. The monoisotopic (exact) mass is 327 g/mol. The van der Waals surface area contributed by atoms with Crippen molar-refractivity contribution in [3.63, 3.8) is 0 Å². The molecule has 1 fully saturated rings. The molecule has 1 aliphatic rings. The standard InChI is InChI=1S/C12H13N3O4S2/c16-15(17)8-3-4-11-10(6-8)14-12(20-11)21(18,19)9-2-1-5-13-7-9/h3-4,6,9,13H,1-2,5,7H2. The van der Waals surface area contributed by atoms with Gasteiger partial charge in [-0.3, -0.25) is 10.1 Å². The molecule has 0 saturated carbocycles. The van der Waals surface area contributed by atoms with Gasteiger partial charge < -0.3 is 5.32 Å². The minimum absolute atomic E-state index is 0.0479. The van der Waals surface area contributed by atoms with Gasteiger partial charge in [0.1, 0.15) is 0 Å². The molecule has 3 rings (SSSR count). The van der Waals surface area contributed by atoms with Gasteiger partial charge in [0.15, 0.2) is 0 Å². The van der Waals surface area contributed by atoms with Crippen LogP contribution in [0.2, 0.25) is 0 Å². The number of nitro groups is 1. The summed E-state index contributed by atoms with van der Waals surface area (Å²) in [5.74, 6) is 0. The number of thiazole rings is 1. The maximum Gasteiger partial charge on any atom is 0.271 e. The zero-order chi connectivity index (χ0) is 15.0. The van der Waals surface area contributed by atoms with Crippen LogP contribution in [0.3, 0.4) is 0 Å². The number of sulfone groups is 1. The molecule has 2 heterocycles. The molecule has 7 nitrogen and oxygen atoms in total. The van der Waals surface area contributed by atoms with E-state index in [0.717, 1.165) is 24.3 Å². The predicted octanol–water partition coefficient (Wildman–Crippen LogP) is 1.73. The van der Waals surface area contributed by atoms with Crippen LogP contribution in [0, 0.1) is 10.1 Å². The molecule has 9 heteroatoms. The van der Waals surface area contributed by atoms with Gasteiger partial charge in [0, 0.05) is 18.7 Å². The summed E-state index contributed by atoms with van der Waals surface area (Å²) in [5, 5.41) is 13.4. The second-order valence-corrected chi connectivity index (χ2v) is 8.33. The normalized spacial score (nSPS) is 19.7. The van der Waals surface area contributed by atoms with Gasteiger partial charge in [-0.2, -0.15) is 0 Å². The first-order chi connectivity index (χ1) is 9.98. The van der Waals surface area contributed by atoms with Crippen LogP contribution in [0.5, 0.6) is 0 Å². The molecule has 1 N–H and O–H groups in total. The van der Waals surface area contributed by atoms with Crippen molar-refractivity contribution in [2.24, 2.45) is 0 Å². The van der Waals surface area contributed by atoms with E-state index in [4.69, 9.17) is 0 Å². The summed E-state index contributed by atoms with van der Waals surface area (Å²) >= 11 is 1.07. The average molecular weight is 327 g/mol. The molecule has 1 aliphatic heterocycles. The van der Waals surface area contributed by atoms with Gasteiger partial charge in [0.2, 0.25) is 14.2 Å². The number of non-ortho nitro benzene ring substituents is 1. The molecule has 21 heavy (non-hydrogen) atoms. The second-order valence-electron chi connectivity index (χ2n) is 4.90. The summed E-state index contributed by atoms with van der Waals surface area (Å²) in [4.78, 5) is 14.3. The number of hydrogen-bond donors (Lipinski definition) is 1. The van der Waals surface area contributed by atoms with Crippen molar-refractivity contribution in [3.05, 3.63) is 28.3 Å². The fourth-order valence-electron chi connectivity index (χ4n) is 2.36. The largest absolute Gasteiger partial charge is 0.315 e. The summed E-state index contributed by atoms with van der Waals surface area (Å²) < 4.78 is 25.8. The Morgan fingerprint density at radius 3 is 2.90 bits per heavy atom. The van der Waals surface area contributed by atoms with E-state index in [2.05, 4.69) is 10.3 Å². The minimum Gasteiger partial charge on any atom is -0.315 e. The van der Waals surface area contributed by atoms with Crippen LogP contribution in [0.1, 0.15) is 12.8 Å². The molecule has 0 aliphatic carbocycles. The lowest BCUT2D eigenvalue weighted by Crippen LogP contribution is -2.38. The summed E-state index contributed by atoms with van der Waals surface area (Å²) in [6, 6.07) is 4.21. The van der Waals surface area contributed by atoms with Gasteiger partial charge in [-0.15, -0.1) is 11.3 Å². The molecule has 1 unspecified atom stereocenters. The van der Waals surface area contributed by atoms with Gasteiger partial charge in [0.25, 0.3) is 5.69 Å². The van der Waals surface area contributed by atoms with E-state index in [0.29, 0.717) is 23.2 Å². The van der Waals surface area contributed by atoms with E-state index in [1.165, 1.54) is 12.1 Å². The summed E-state index contributed by atoms with van der Waals surface area (Å²) in [6.45, 7) is 1.26. The smallest absolute Gasteiger partial charge is 0.271 e. The average Bonchev–Trinajstić information content (AvgIpc) is 2.91. The molecule has 0 bridgehead atoms. The van der Waals surface area contributed by atoms with Crippen molar-refractivity contribution >= 4 is 37.1 Å². The van der Waals surface area contributed by atoms with Gasteiger partial charge in [-0.05, 0) is 25.5 Å². The lowest BCUT2D eigenvalue weighted by atomic mass is 10.2. The van der Waals surface area contributed by atoms with Crippen molar-refractivity contribution in [3.8, 4) is 0 Å². The van der Waals surface area contributed by atoms with Crippen LogP contribution >= 0.6 is 11.3 Å². The van der Waals surface area contributed by atoms with Crippen LogP contribution < -0.4 is 5.32 Å². The lowest BCUT2D eigenvalue weighted by Gasteiger charge is -2.21. The van der Waals surface area contributed by atoms with Gasteiger partial charge in [0.05, 0.1) is 20.4 Å². The van der Waals surface area contributed by atoms with E-state index >= 15 is 0 Å². The van der Waals surface area contributed by atoms with E-state index in [1.807, 2.05) is 0 Å². The minimum atomic E-state index is -3.48. The molecule has 0 spiro atoms. The number of aromatic nitrogens is 1. The lowest BCUT2D eigenvalue weighted by molar-refractivity contribution is -0.384. The number of hydrogen-bond acceptors (Lipinski definition) is 7. The number of piperidine rings is 1. The van der Waals surface area contributed by atoms with Crippen molar-refractivity contribution in [2.45, 2.75) is 22.4 Å². The third-order valence-electron chi connectivity index (χ3n) is 3.50. The zero-order valence-corrected chi connectivity index (χ0v) is 12.6. The number of nitro benzene ring substituents is 1. The number of nitrogens with one attached hydrogen (secondary N) is 1. The maximum atomic E-state index is 12.5. The first-order valence-corrected chi connectivity index (χ1v) is 8.84. The number of fused-ring (bicyclic) bond motifs is 1. The quantitative estimate of drug-likeness (QED) is 0.680. The Morgan fingerprint density at radius 2 is 2.24 bits per heavy atom. The molecule has 2 aromatic rings. The van der Waals surface area contributed by atoms with Gasteiger partial charge in [-0.1, -0.05) is 0 Å². The number of nitrogens with zero attached hydrogens (tertiary/aromatic N) is 2. The van der Waals surface area contributed by atoms with Crippen LogP contribution in [0.25, 0.3) is 10.2 Å². The summed E-state index contributed by atoms with van der Waals surface area (Å²) in [5.41, 5.74) is 0.271. The van der Waals surface area contributed by atoms with Crippen molar-refractivity contribution in [1.29, 1.82) is 0 Å². The van der Waals surface area contributed by atoms with Crippen molar-refractivity contribution in [2.75, 3.05) is 13.1 Å². The maximum absolute atomic E-state index is 12.5. The zero-order valence-electron chi connectivity index (χ0n) is 11.0. The molecule has 0 amide bonds. The van der Waals surface area contributed by atoms with Crippen LogP contribution in [0.15, 0.2) is 22.5 Å². The fraction of sp³-hybridized carbons (Fsp3) is 0.417. The Labute approximate surface area is 125 Å². The Bertz CT molecular complexity index is 794. The molecular formula is C12H13N3O4S2. The Kier molecular flexibility index (Phi) is 3.64. The third-order valence-corrected chi connectivity index (χ3v) is 7.13. The topological polar surface area (TPSA) is 102 Å². The Hall–Kier alpha value is -1.58. The summed E-state index contributed by atoms with van der Waals surface area (Å²) in [7, 11) is -3.48. The molecular weight excluding hydrogens is 314 g/mol. The van der Waals surface area contributed by atoms with E-state index in [-0.39, 0.29) is 10.0 Å². The summed E-state index contributed by atoms with van der Waals surface area (Å²) in [6.07, 6.45) is 1.44. The highest BCUT2D eigenvalue weighted by Crippen LogP contribution is 2.31. The van der Waals surface area contributed by atoms with Crippen LogP contribution in [0.4, 0.5) is 5.69 Å². The first kappa shape index (κ1) is 14.4. The SMILES string of the molecule is O=[N+]([O-])c1ccc2sc(S(=O)(=O)C3CCCNC3)nc2c1. The van der Waals surface area contributed by atoms with Crippen LogP contribution in [-0.2, 0) is 9.84 Å². The molecule has 112 valence electrons. The van der Waals surface area contributed by atoms with Crippen molar-refractivity contribution in [1.82, 2.24) is 10.3 Å². The van der Waals surface area contributed by atoms with Crippen molar-refractivity contribution < 1.29 is 13.3 Å². The molecule has 0 radical (unpaired) electrons. The Morgan fingerprint density at radius 1 is 1.43 bits per heavy atom. The highest BCUT2D eigenvalue weighted by Gasteiger charge is 2.31. The molecule has 1 saturated heterocycles. The van der Waals surface area contributed by atoms with Crippen LogP contribution in [-0.4, -0.2) is 36.7 Å². The second kappa shape index (κ2) is 5.32. The Balaban J connectivity index is 2.02. The number of benzene rings is 1. The fourth-order valence-corrected chi connectivity index (χ4v) is 5.50. The van der Waals surface area contributed by atoms with Gasteiger partial charge in [-0.25, -0.2) is 13.4 Å². The van der Waals surface area contributed by atoms with E-state index in [1.54, 1.807) is 6.07 Å². The first-order valence-electron chi connectivity index (χ1n) is 6.48. The van der Waals surface area contributed by atoms with E-state index in [9.17, 15) is 18.5 Å². The highest BCUT2D eigenvalue weighted by molar-refractivity contribution is 7.94. The van der Waals surface area contributed by atoms with Gasteiger partial charge >= 0.3 is 0 Å².